The Morgan fingerprint density at radius 3 is 2.33 bits per heavy atom. The largest absolute Gasteiger partial charge is 0.477 e. The van der Waals surface area contributed by atoms with Gasteiger partial charge in [0.15, 0.2) is 5.82 Å². The van der Waals surface area contributed by atoms with Crippen LogP contribution in [0.3, 0.4) is 0 Å². The Morgan fingerprint density at radius 2 is 1.74 bits per heavy atom. The fraction of sp³-hybridized carbons (Fsp3) is 0.548. The molecule has 1 aromatic carbocycles. The molecule has 0 amide bonds. The van der Waals surface area contributed by atoms with E-state index in [1.807, 2.05) is 31.2 Å². The first-order chi connectivity index (χ1) is 18.7. The van der Waals surface area contributed by atoms with E-state index in [0.29, 0.717) is 16.8 Å². The van der Waals surface area contributed by atoms with Crippen molar-refractivity contribution < 1.29 is 14.4 Å². The second-order valence-electron chi connectivity index (χ2n) is 10.9. The van der Waals surface area contributed by atoms with Crippen LogP contribution in [0.5, 0.6) is 0 Å². The first-order valence-electron chi connectivity index (χ1n) is 14.3. The van der Waals surface area contributed by atoms with Gasteiger partial charge in [-0.15, -0.1) is 0 Å². The summed E-state index contributed by atoms with van der Waals surface area (Å²) in [6.45, 7) is 9.30. The van der Waals surface area contributed by atoms with E-state index < -0.39 is 5.97 Å². The van der Waals surface area contributed by atoms with Gasteiger partial charge < -0.3 is 14.9 Å². The molecular weight excluding hydrogens is 512 g/mol. The summed E-state index contributed by atoms with van der Waals surface area (Å²) in [5.41, 5.74) is 2.59. The molecule has 39 heavy (non-hydrogen) atoms. The summed E-state index contributed by atoms with van der Waals surface area (Å²) in [6, 6.07) is 10.8. The number of carbonyl (C=O) groups is 1. The van der Waals surface area contributed by atoms with Crippen LogP contribution in [-0.2, 0) is 5.54 Å². The number of halogens is 1. The highest BCUT2D eigenvalue weighted by molar-refractivity contribution is 6.30. The Balaban J connectivity index is 0.000000216. The van der Waals surface area contributed by atoms with Gasteiger partial charge in [0.2, 0.25) is 5.89 Å². The van der Waals surface area contributed by atoms with E-state index in [4.69, 9.17) is 21.2 Å². The SMILES string of the molecule is CCCCCCCCCCNC(C)(C)c1noc(C)n1.O=C(O)c1ccc(C2CC2)c(-c2cccc(Cl)c2)n1. The second-order valence-corrected chi connectivity index (χ2v) is 11.3. The number of carboxylic acid groups (broad SMARTS) is 1. The third-order valence-electron chi connectivity index (χ3n) is 6.94. The number of hydrogen-bond acceptors (Lipinski definition) is 6. The molecule has 1 aliphatic rings. The molecule has 2 aromatic heterocycles. The number of benzene rings is 1. The maximum absolute atomic E-state index is 11.1. The van der Waals surface area contributed by atoms with Crippen LogP contribution >= 0.6 is 11.6 Å². The molecule has 2 N–H and O–H groups in total. The third-order valence-corrected chi connectivity index (χ3v) is 7.18. The maximum Gasteiger partial charge on any atom is 0.354 e. The monoisotopic (exact) mass is 554 g/mol. The Hall–Kier alpha value is -2.77. The van der Waals surface area contributed by atoms with Crippen LogP contribution in [0.4, 0.5) is 0 Å². The van der Waals surface area contributed by atoms with E-state index in [1.54, 1.807) is 12.1 Å². The molecular formula is C31H43ClN4O3. The van der Waals surface area contributed by atoms with Crippen molar-refractivity contribution in [3.05, 3.63) is 64.4 Å². The number of rotatable bonds is 14. The van der Waals surface area contributed by atoms with Crippen LogP contribution in [0.25, 0.3) is 11.3 Å². The Labute approximate surface area is 237 Å². The van der Waals surface area contributed by atoms with Gasteiger partial charge >= 0.3 is 5.97 Å². The summed E-state index contributed by atoms with van der Waals surface area (Å²) in [6.07, 6.45) is 13.1. The van der Waals surface area contributed by atoms with Gasteiger partial charge in [-0.2, -0.15) is 4.98 Å². The average molecular weight is 555 g/mol. The van der Waals surface area contributed by atoms with Crippen LogP contribution in [0.2, 0.25) is 5.02 Å². The first-order valence-corrected chi connectivity index (χ1v) is 14.6. The number of pyridine rings is 1. The molecule has 1 fully saturated rings. The number of aromatic nitrogens is 3. The van der Waals surface area contributed by atoms with Gasteiger partial charge in [-0.25, -0.2) is 9.78 Å². The van der Waals surface area contributed by atoms with Crippen molar-refractivity contribution in [3.8, 4) is 11.3 Å². The van der Waals surface area contributed by atoms with Crippen LogP contribution in [0.1, 0.15) is 119 Å². The van der Waals surface area contributed by atoms with Gasteiger partial charge in [0.05, 0.1) is 11.2 Å². The molecule has 2 heterocycles. The number of unbranched alkanes of at least 4 members (excludes halogenated alkanes) is 7. The zero-order chi connectivity index (χ0) is 28.3. The smallest absolute Gasteiger partial charge is 0.354 e. The summed E-state index contributed by atoms with van der Waals surface area (Å²) in [4.78, 5) is 19.6. The van der Waals surface area contributed by atoms with E-state index in [-0.39, 0.29) is 11.2 Å². The number of nitrogens with one attached hydrogen (secondary N) is 1. The lowest BCUT2D eigenvalue weighted by Crippen LogP contribution is -2.38. The molecule has 0 unspecified atom stereocenters. The van der Waals surface area contributed by atoms with Gasteiger partial charge in [0, 0.05) is 17.5 Å². The number of aryl methyl sites for hydroxylation is 1. The Kier molecular flexibility index (Phi) is 11.9. The van der Waals surface area contributed by atoms with E-state index in [2.05, 4.69) is 41.2 Å². The van der Waals surface area contributed by atoms with Gasteiger partial charge in [-0.05, 0) is 69.3 Å². The molecule has 4 rings (SSSR count). The molecule has 7 nitrogen and oxygen atoms in total. The number of aromatic carboxylic acids is 1. The molecule has 0 atom stereocenters. The van der Waals surface area contributed by atoms with Crippen molar-refractivity contribution in [1.82, 2.24) is 20.4 Å². The predicted molar refractivity (Wildman–Crippen MR) is 156 cm³/mol. The normalized spacial score (nSPS) is 13.2. The lowest BCUT2D eigenvalue weighted by atomic mass is 10.0. The van der Waals surface area contributed by atoms with Crippen molar-refractivity contribution >= 4 is 17.6 Å². The van der Waals surface area contributed by atoms with Crippen molar-refractivity contribution in [2.24, 2.45) is 0 Å². The summed E-state index contributed by atoms with van der Waals surface area (Å²) in [7, 11) is 0. The highest BCUT2D eigenvalue weighted by Crippen LogP contribution is 2.44. The molecule has 1 saturated carbocycles. The second kappa shape index (κ2) is 15.1. The molecule has 8 heteroatoms. The molecule has 1 aliphatic carbocycles. The Morgan fingerprint density at radius 1 is 1.05 bits per heavy atom. The van der Waals surface area contributed by atoms with Crippen molar-refractivity contribution in [2.45, 2.75) is 103 Å². The lowest BCUT2D eigenvalue weighted by Gasteiger charge is -2.22. The van der Waals surface area contributed by atoms with Crippen molar-refractivity contribution in [2.75, 3.05) is 6.54 Å². The zero-order valence-electron chi connectivity index (χ0n) is 23.8. The quantitative estimate of drug-likeness (QED) is 0.193. The van der Waals surface area contributed by atoms with Crippen LogP contribution in [0.15, 0.2) is 40.9 Å². The summed E-state index contributed by atoms with van der Waals surface area (Å²) < 4.78 is 5.04. The fourth-order valence-corrected chi connectivity index (χ4v) is 4.66. The van der Waals surface area contributed by atoms with Gasteiger partial charge in [0.1, 0.15) is 5.69 Å². The summed E-state index contributed by atoms with van der Waals surface area (Å²) >= 11 is 6.00. The van der Waals surface area contributed by atoms with Crippen molar-refractivity contribution in [1.29, 1.82) is 0 Å². The van der Waals surface area contributed by atoms with E-state index >= 15 is 0 Å². The standard InChI is InChI=1S/C16H31N3O.C15H12ClNO2/c1-5-6-7-8-9-10-11-12-13-17-16(3,4)15-18-14(2)20-19-15;16-11-3-1-2-10(8-11)14-12(9-4-5-9)6-7-13(17-14)15(18)19/h17H,5-13H2,1-4H3;1-3,6-9H,4-5H2,(H,18,19). The van der Waals surface area contributed by atoms with Crippen molar-refractivity contribution in [3.63, 3.8) is 0 Å². The van der Waals surface area contributed by atoms with Crippen LogP contribution in [-0.4, -0.2) is 32.7 Å². The zero-order valence-corrected chi connectivity index (χ0v) is 24.6. The average Bonchev–Trinajstić information content (AvgIpc) is 3.66. The summed E-state index contributed by atoms with van der Waals surface area (Å²) in [5.74, 6) is 0.867. The first kappa shape index (κ1) is 30.8. The van der Waals surface area contributed by atoms with E-state index in [0.717, 1.165) is 42.0 Å². The number of hydrogen-bond donors (Lipinski definition) is 2. The summed E-state index contributed by atoms with van der Waals surface area (Å²) in [5, 5.41) is 17.2. The predicted octanol–water partition coefficient (Wildman–Crippen LogP) is 8.32. The topological polar surface area (TPSA) is 101 Å². The highest BCUT2D eigenvalue weighted by Gasteiger charge is 2.28. The maximum atomic E-state index is 11.1. The molecule has 3 aromatic rings. The molecule has 0 spiro atoms. The minimum absolute atomic E-state index is 0.0689. The van der Waals surface area contributed by atoms with Crippen LogP contribution in [0, 0.1) is 6.92 Å². The Bertz CT molecular complexity index is 1190. The molecule has 212 valence electrons. The molecule has 0 bridgehead atoms. The molecule has 0 aliphatic heterocycles. The van der Waals surface area contributed by atoms with Gasteiger partial charge in [0.25, 0.3) is 0 Å². The fourth-order valence-electron chi connectivity index (χ4n) is 4.47. The minimum atomic E-state index is -1.01. The number of carboxylic acids is 1. The minimum Gasteiger partial charge on any atom is -0.477 e. The number of nitrogens with zero attached hydrogens (tertiary/aromatic N) is 3. The molecule has 0 radical (unpaired) electrons. The third kappa shape index (κ3) is 10.0. The van der Waals surface area contributed by atoms with Gasteiger partial charge in [-0.3, -0.25) is 0 Å². The lowest BCUT2D eigenvalue weighted by molar-refractivity contribution is 0.0690. The molecule has 0 saturated heterocycles. The highest BCUT2D eigenvalue weighted by atomic mass is 35.5. The van der Waals surface area contributed by atoms with E-state index in [9.17, 15) is 4.79 Å². The van der Waals surface area contributed by atoms with Crippen LogP contribution < -0.4 is 5.32 Å². The van der Waals surface area contributed by atoms with E-state index in [1.165, 1.54) is 51.4 Å². The van der Waals surface area contributed by atoms with Gasteiger partial charge in [-0.1, -0.05) is 86.8 Å².